The minimum atomic E-state index is -4.50. The molecule has 2 aromatic carbocycles. The second-order valence-corrected chi connectivity index (χ2v) is 5.79. The molecule has 7 heteroatoms. The van der Waals surface area contributed by atoms with Gasteiger partial charge in [-0.2, -0.15) is 13.2 Å². The van der Waals surface area contributed by atoms with E-state index in [1.807, 2.05) is 12.1 Å². The zero-order valence-corrected chi connectivity index (χ0v) is 13.3. The van der Waals surface area contributed by atoms with Gasteiger partial charge in [-0.25, -0.2) is 0 Å². The largest absolute Gasteiger partial charge is 0.484 e. The van der Waals surface area contributed by atoms with Crippen LogP contribution in [0.25, 0.3) is 0 Å². The smallest absolute Gasteiger partial charge is 0.418 e. The average Bonchev–Trinajstić information content (AvgIpc) is 3.05. The minimum Gasteiger partial charge on any atom is -0.484 e. The summed E-state index contributed by atoms with van der Waals surface area (Å²) in [5, 5.41) is 0. The zero-order valence-electron chi connectivity index (χ0n) is 13.3. The molecule has 0 saturated carbocycles. The van der Waals surface area contributed by atoms with E-state index < -0.39 is 17.6 Å². The molecule has 4 nitrogen and oxygen atoms in total. The molecule has 0 aliphatic heterocycles. The number of ether oxygens (including phenoxy) is 1. The lowest BCUT2D eigenvalue weighted by molar-refractivity contribution is -0.137. The number of alkyl halides is 3. The topological polar surface area (TPSA) is 50.4 Å². The molecule has 1 amide bonds. The van der Waals surface area contributed by atoms with Gasteiger partial charge in [-0.15, -0.1) is 0 Å². The summed E-state index contributed by atoms with van der Waals surface area (Å²) >= 11 is 0. The van der Waals surface area contributed by atoms with Crippen molar-refractivity contribution in [2.45, 2.75) is 25.4 Å². The van der Waals surface area contributed by atoms with Crippen molar-refractivity contribution in [3.05, 3.63) is 59.2 Å². The molecule has 3 rings (SSSR count). The fourth-order valence-electron chi connectivity index (χ4n) is 2.80. The molecule has 0 atom stereocenters. The fraction of sp³-hybridized carbons (Fsp3) is 0.278. The van der Waals surface area contributed by atoms with E-state index in [4.69, 9.17) is 4.74 Å². The molecule has 1 aliphatic rings. The Morgan fingerprint density at radius 1 is 1.08 bits per heavy atom. The van der Waals surface area contributed by atoms with Crippen LogP contribution in [-0.2, 0) is 23.8 Å². The quantitative estimate of drug-likeness (QED) is 0.808. The molecular weight excluding hydrogens is 333 g/mol. The maximum Gasteiger partial charge on any atom is 0.418 e. The lowest BCUT2D eigenvalue weighted by atomic mass is 10.1. The van der Waals surface area contributed by atoms with Crippen LogP contribution >= 0.6 is 0 Å². The summed E-state index contributed by atoms with van der Waals surface area (Å²) in [6.45, 7) is -0.292. The molecule has 2 N–H and O–H groups in total. The highest BCUT2D eigenvalue weighted by atomic mass is 19.4. The van der Waals surface area contributed by atoms with Crippen LogP contribution in [0.3, 0.4) is 0 Å². The zero-order chi connectivity index (χ0) is 17.9. The van der Waals surface area contributed by atoms with E-state index in [2.05, 4.69) is 10.9 Å². The molecule has 25 heavy (non-hydrogen) atoms. The van der Waals surface area contributed by atoms with Crippen LogP contribution < -0.4 is 15.6 Å². The lowest BCUT2D eigenvalue weighted by Crippen LogP contribution is -2.34. The Balaban J connectivity index is 1.54. The highest BCUT2D eigenvalue weighted by Gasteiger charge is 2.33. The Hall–Kier alpha value is -2.70. The van der Waals surface area contributed by atoms with Gasteiger partial charge in [0.2, 0.25) is 0 Å². The number of para-hydroxylation sites is 1. The van der Waals surface area contributed by atoms with Crippen molar-refractivity contribution in [3.8, 4) is 5.75 Å². The van der Waals surface area contributed by atoms with E-state index in [0.29, 0.717) is 5.75 Å². The summed E-state index contributed by atoms with van der Waals surface area (Å²) in [4.78, 5) is 11.8. The number of hydrogen-bond donors (Lipinski definition) is 2. The number of aryl methyl sites for hydroxylation is 2. The van der Waals surface area contributed by atoms with Gasteiger partial charge >= 0.3 is 6.18 Å². The van der Waals surface area contributed by atoms with Crippen LogP contribution in [0.2, 0.25) is 0 Å². The van der Waals surface area contributed by atoms with Gasteiger partial charge in [-0.05, 0) is 54.7 Å². The summed E-state index contributed by atoms with van der Waals surface area (Å²) in [7, 11) is 0. The molecule has 2 aromatic rings. The van der Waals surface area contributed by atoms with Gasteiger partial charge in [0.1, 0.15) is 5.75 Å². The Bertz CT molecular complexity index is 775. The first kappa shape index (κ1) is 17.1. The molecule has 0 fully saturated rings. The predicted octanol–water partition coefficient (Wildman–Crippen LogP) is 3.72. The van der Waals surface area contributed by atoms with Crippen molar-refractivity contribution in [1.82, 2.24) is 5.43 Å². The van der Waals surface area contributed by atoms with E-state index in [9.17, 15) is 18.0 Å². The van der Waals surface area contributed by atoms with Crippen LogP contribution in [-0.4, -0.2) is 12.5 Å². The number of fused-ring (bicyclic) bond motifs is 1. The van der Waals surface area contributed by atoms with E-state index in [-0.39, 0.29) is 12.3 Å². The summed E-state index contributed by atoms with van der Waals surface area (Å²) in [5.41, 5.74) is 5.96. The Morgan fingerprint density at radius 2 is 1.84 bits per heavy atom. The normalized spacial score (nSPS) is 13.2. The Kier molecular flexibility index (Phi) is 4.83. The van der Waals surface area contributed by atoms with Crippen LogP contribution in [0, 0.1) is 0 Å². The molecule has 0 bridgehead atoms. The van der Waals surface area contributed by atoms with Gasteiger partial charge in [0, 0.05) is 0 Å². The number of rotatable bonds is 5. The first-order valence-corrected chi connectivity index (χ1v) is 7.89. The van der Waals surface area contributed by atoms with Crippen LogP contribution in [0.5, 0.6) is 5.75 Å². The second kappa shape index (κ2) is 7.04. The maximum absolute atomic E-state index is 12.9. The predicted molar refractivity (Wildman–Crippen MR) is 87.2 cm³/mol. The van der Waals surface area contributed by atoms with Crippen molar-refractivity contribution >= 4 is 11.6 Å². The third-order valence-electron chi connectivity index (χ3n) is 4.01. The van der Waals surface area contributed by atoms with E-state index in [1.54, 1.807) is 6.07 Å². The van der Waals surface area contributed by atoms with Gasteiger partial charge in [-0.1, -0.05) is 18.2 Å². The SMILES string of the molecule is O=C(COc1ccc2c(c1)CCC2)NNc1ccccc1C(F)(F)F. The third-order valence-corrected chi connectivity index (χ3v) is 4.01. The van der Waals surface area contributed by atoms with Gasteiger partial charge in [0.05, 0.1) is 11.3 Å². The molecule has 0 radical (unpaired) electrons. The molecule has 0 aromatic heterocycles. The summed E-state index contributed by atoms with van der Waals surface area (Å²) in [6.07, 6.45) is -1.34. The van der Waals surface area contributed by atoms with Crippen LogP contribution in [0.1, 0.15) is 23.1 Å². The molecular formula is C18H17F3N2O2. The average molecular weight is 350 g/mol. The van der Waals surface area contributed by atoms with Crippen molar-refractivity contribution in [3.63, 3.8) is 0 Å². The Morgan fingerprint density at radius 3 is 2.64 bits per heavy atom. The summed E-state index contributed by atoms with van der Waals surface area (Å²) in [5.74, 6) is 0.00367. The van der Waals surface area contributed by atoms with Gasteiger partial charge in [-0.3, -0.25) is 15.6 Å². The van der Waals surface area contributed by atoms with Gasteiger partial charge in [0.25, 0.3) is 5.91 Å². The first-order chi connectivity index (χ1) is 11.9. The molecule has 0 saturated heterocycles. The number of hydrogen-bond acceptors (Lipinski definition) is 3. The van der Waals surface area contributed by atoms with Crippen molar-refractivity contribution in [2.24, 2.45) is 0 Å². The first-order valence-electron chi connectivity index (χ1n) is 7.89. The Labute approximate surface area is 143 Å². The van der Waals surface area contributed by atoms with Crippen molar-refractivity contribution in [2.75, 3.05) is 12.0 Å². The van der Waals surface area contributed by atoms with Crippen molar-refractivity contribution < 1.29 is 22.7 Å². The van der Waals surface area contributed by atoms with E-state index in [0.717, 1.165) is 25.3 Å². The molecule has 132 valence electrons. The number of anilines is 1. The van der Waals surface area contributed by atoms with Gasteiger partial charge in [0.15, 0.2) is 6.61 Å². The molecule has 1 aliphatic carbocycles. The highest BCUT2D eigenvalue weighted by Crippen LogP contribution is 2.34. The second-order valence-electron chi connectivity index (χ2n) is 5.79. The minimum absolute atomic E-state index is 0.221. The maximum atomic E-state index is 12.9. The van der Waals surface area contributed by atoms with Crippen LogP contribution in [0.4, 0.5) is 18.9 Å². The molecule has 0 heterocycles. The monoisotopic (exact) mass is 350 g/mol. The van der Waals surface area contributed by atoms with Gasteiger partial charge < -0.3 is 4.74 Å². The standard InChI is InChI=1S/C18H17F3N2O2/c19-18(20,21)15-6-1-2-7-16(15)22-23-17(24)11-25-14-9-8-12-4-3-5-13(12)10-14/h1-2,6-10,22H,3-5,11H2,(H,23,24). The fourth-order valence-corrected chi connectivity index (χ4v) is 2.80. The number of halogens is 3. The molecule has 0 spiro atoms. The molecule has 0 unspecified atom stereocenters. The summed E-state index contributed by atoms with van der Waals surface area (Å²) < 4.78 is 44.0. The number of nitrogens with one attached hydrogen (secondary N) is 2. The van der Waals surface area contributed by atoms with E-state index >= 15 is 0 Å². The number of carbonyl (C=O) groups is 1. The number of carbonyl (C=O) groups excluding carboxylic acids is 1. The highest BCUT2D eigenvalue weighted by molar-refractivity contribution is 5.79. The van der Waals surface area contributed by atoms with Crippen LogP contribution in [0.15, 0.2) is 42.5 Å². The van der Waals surface area contributed by atoms with E-state index in [1.165, 1.54) is 29.3 Å². The summed E-state index contributed by atoms with van der Waals surface area (Å²) in [6, 6.07) is 10.6. The van der Waals surface area contributed by atoms with Crippen molar-refractivity contribution in [1.29, 1.82) is 0 Å². The lowest BCUT2D eigenvalue weighted by Gasteiger charge is -2.15. The third kappa shape index (κ3) is 4.23. The number of hydrazine groups is 1. The number of amides is 1. The number of benzene rings is 2.